The number of carbonyl (C=O) groups is 1. The van der Waals surface area contributed by atoms with Crippen LogP contribution in [0.5, 0.6) is 11.5 Å². The quantitative estimate of drug-likeness (QED) is 0.180. The Balaban J connectivity index is 1.81. The Hall–Kier alpha value is -2.83. The lowest BCUT2D eigenvalue weighted by atomic mass is 10.1. The molecule has 0 heterocycles. The molecule has 0 fully saturated rings. The van der Waals surface area contributed by atoms with Crippen LogP contribution in [0.3, 0.4) is 0 Å². The normalized spacial score (nSPS) is 11.0. The van der Waals surface area contributed by atoms with Gasteiger partial charge in [-0.25, -0.2) is 0 Å². The summed E-state index contributed by atoms with van der Waals surface area (Å²) >= 11 is 5.52. The molecule has 3 aromatic rings. The number of amides is 1. The van der Waals surface area contributed by atoms with Crippen molar-refractivity contribution in [1.29, 1.82) is 5.26 Å². The molecule has 168 valence electrons. The molecule has 3 aromatic carbocycles. The first-order valence-corrected chi connectivity index (χ1v) is 11.9. The largest absolute Gasteiger partial charge is 0.493 e. The molecule has 0 saturated heterocycles. The minimum Gasteiger partial charge on any atom is -0.493 e. The number of rotatable bonds is 7. The first-order valence-electron chi connectivity index (χ1n) is 10.1. The Bertz CT molecular complexity index is 1250. The number of hydrogen-bond acceptors (Lipinski definition) is 4. The van der Waals surface area contributed by atoms with Crippen LogP contribution in [-0.4, -0.2) is 13.0 Å². The fraction of sp³-hybridized carbons (Fsp3) is 0.154. The highest BCUT2D eigenvalue weighted by Crippen LogP contribution is 2.35. The third kappa shape index (κ3) is 6.59. The van der Waals surface area contributed by atoms with Gasteiger partial charge in [-0.05, 0) is 101 Å². The summed E-state index contributed by atoms with van der Waals surface area (Å²) in [4.78, 5) is 12.6. The second-order valence-electron chi connectivity index (χ2n) is 7.37. The van der Waals surface area contributed by atoms with E-state index in [-0.39, 0.29) is 5.57 Å². The zero-order chi connectivity index (χ0) is 24.0. The molecule has 0 radical (unpaired) electrons. The lowest BCUT2D eigenvalue weighted by Gasteiger charge is -2.14. The van der Waals surface area contributed by atoms with Gasteiger partial charge in [0.15, 0.2) is 11.5 Å². The monoisotopic (exact) mass is 616 g/mol. The van der Waals surface area contributed by atoms with Crippen LogP contribution in [0.1, 0.15) is 22.3 Å². The highest BCUT2D eigenvalue weighted by Gasteiger charge is 2.14. The standard InChI is InChI=1S/C26H22BrIN2O3/c1-16-4-5-18(10-17(16)2)15-33-25-23(28)12-19(13-24(25)32-3)11-20(14-29)26(31)30-22-8-6-21(27)7-9-22/h4-13H,15H2,1-3H3,(H,30,31)/b20-11+. The van der Waals surface area contributed by atoms with E-state index in [1.54, 1.807) is 25.3 Å². The van der Waals surface area contributed by atoms with Gasteiger partial charge in [-0.2, -0.15) is 5.26 Å². The fourth-order valence-corrected chi connectivity index (χ4v) is 4.10. The van der Waals surface area contributed by atoms with Gasteiger partial charge in [0, 0.05) is 10.2 Å². The first kappa shape index (κ1) is 24.8. The van der Waals surface area contributed by atoms with Crippen LogP contribution in [-0.2, 0) is 11.4 Å². The van der Waals surface area contributed by atoms with E-state index < -0.39 is 5.91 Å². The summed E-state index contributed by atoms with van der Waals surface area (Å²) in [5.41, 5.74) is 4.77. The SMILES string of the molecule is COc1cc(/C=C(\C#N)C(=O)Nc2ccc(Br)cc2)cc(I)c1OCc1ccc(C)c(C)c1. The van der Waals surface area contributed by atoms with Crippen molar-refractivity contribution in [3.63, 3.8) is 0 Å². The van der Waals surface area contributed by atoms with Crippen molar-refractivity contribution in [3.8, 4) is 17.6 Å². The third-order valence-electron chi connectivity index (χ3n) is 4.98. The third-order valence-corrected chi connectivity index (χ3v) is 6.31. The van der Waals surface area contributed by atoms with Gasteiger partial charge in [-0.15, -0.1) is 0 Å². The Morgan fingerprint density at radius 1 is 1.12 bits per heavy atom. The highest BCUT2D eigenvalue weighted by molar-refractivity contribution is 14.1. The molecule has 3 rings (SSSR count). The van der Waals surface area contributed by atoms with Crippen molar-refractivity contribution in [1.82, 2.24) is 0 Å². The minimum atomic E-state index is -0.483. The summed E-state index contributed by atoms with van der Waals surface area (Å²) in [7, 11) is 1.56. The second kappa shape index (κ2) is 11.3. The van der Waals surface area contributed by atoms with Gasteiger partial charge < -0.3 is 14.8 Å². The molecule has 0 spiro atoms. The van der Waals surface area contributed by atoms with Gasteiger partial charge in [0.2, 0.25) is 0 Å². The number of ether oxygens (including phenoxy) is 2. The number of benzene rings is 3. The van der Waals surface area contributed by atoms with Crippen molar-refractivity contribution in [3.05, 3.63) is 90.5 Å². The average molecular weight is 617 g/mol. The number of anilines is 1. The number of nitriles is 1. The van der Waals surface area contributed by atoms with E-state index in [2.05, 4.69) is 69.8 Å². The summed E-state index contributed by atoms with van der Waals surface area (Å²) in [6.07, 6.45) is 1.53. The van der Waals surface area contributed by atoms with Crippen LogP contribution in [0, 0.1) is 28.7 Å². The molecule has 0 atom stereocenters. The highest BCUT2D eigenvalue weighted by atomic mass is 127. The molecule has 0 unspecified atom stereocenters. The number of halogens is 2. The van der Waals surface area contributed by atoms with Crippen LogP contribution in [0.4, 0.5) is 5.69 Å². The Labute approximate surface area is 215 Å². The number of methoxy groups -OCH3 is 1. The first-order chi connectivity index (χ1) is 15.8. The molecule has 0 saturated carbocycles. The Kier molecular flexibility index (Phi) is 8.53. The number of nitrogens with zero attached hydrogens (tertiary/aromatic N) is 1. The summed E-state index contributed by atoms with van der Waals surface area (Å²) in [5.74, 6) is 0.665. The predicted molar refractivity (Wildman–Crippen MR) is 142 cm³/mol. The molecule has 0 aromatic heterocycles. The maximum atomic E-state index is 12.6. The van der Waals surface area contributed by atoms with E-state index >= 15 is 0 Å². The van der Waals surface area contributed by atoms with Crippen LogP contribution in [0.15, 0.2) is 64.6 Å². The number of nitrogens with one attached hydrogen (secondary N) is 1. The van der Waals surface area contributed by atoms with E-state index in [1.807, 2.05) is 30.3 Å². The topological polar surface area (TPSA) is 71.3 Å². The van der Waals surface area contributed by atoms with Crippen LogP contribution >= 0.6 is 38.5 Å². The molecule has 1 N–H and O–H groups in total. The van der Waals surface area contributed by atoms with E-state index in [9.17, 15) is 10.1 Å². The molecule has 0 aliphatic rings. The van der Waals surface area contributed by atoms with Crippen LogP contribution < -0.4 is 14.8 Å². The summed E-state index contributed by atoms with van der Waals surface area (Å²) in [5, 5.41) is 12.3. The molecule has 33 heavy (non-hydrogen) atoms. The predicted octanol–water partition coefficient (Wildman–Crippen LogP) is 6.80. The fourth-order valence-electron chi connectivity index (χ4n) is 3.06. The Morgan fingerprint density at radius 2 is 1.85 bits per heavy atom. The van der Waals surface area contributed by atoms with Crippen molar-refractivity contribution >= 4 is 56.2 Å². The summed E-state index contributed by atoms with van der Waals surface area (Å²) < 4.78 is 13.3. The lowest BCUT2D eigenvalue weighted by molar-refractivity contribution is -0.112. The zero-order valence-electron chi connectivity index (χ0n) is 18.4. The maximum absolute atomic E-state index is 12.6. The van der Waals surface area contributed by atoms with Gasteiger partial charge >= 0.3 is 0 Å². The molecular formula is C26H22BrIN2O3. The van der Waals surface area contributed by atoms with Gasteiger partial charge in [-0.1, -0.05) is 34.1 Å². The van der Waals surface area contributed by atoms with Gasteiger partial charge in [0.1, 0.15) is 18.2 Å². The van der Waals surface area contributed by atoms with Gasteiger partial charge in [0.05, 0.1) is 10.7 Å². The van der Waals surface area contributed by atoms with Crippen LogP contribution in [0.25, 0.3) is 6.08 Å². The molecule has 5 nitrogen and oxygen atoms in total. The molecule has 1 amide bonds. The Morgan fingerprint density at radius 3 is 2.48 bits per heavy atom. The van der Waals surface area contributed by atoms with E-state index in [1.165, 1.54) is 17.2 Å². The van der Waals surface area contributed by atoms with E-state index in [0.29, 0.717) is 29.4 Å². The molecule has 7 heteroatoms. The van der Waals surface area contributed by atoms with E-state index in [4.69, 9.17) is 9.47 Å². The van der Waals surface area contributed by atoms with Gasteiger partial charge in [-0.3, -0.25) is 4.79 Å². The van der Waals surface area contributed by atoms with Crippen LogP contribution in [0.2, 0.25) is 0 Å². The summed E-state index contributed by atoms with van der Waals surface area (Å²) in [6.45, 7) is 4.55. The van der Waals surface area contributed by atoms with Crippen molar-refractivity contribution in [2.45, 2.75) is 20.5 Å². The van der Waals surface area contributed by atoms with Crippen molar-refractivity contribution in [2.24, 2.45) is 0 Å². The number of aryl methyl sites for hydroxylation is 2. The maximum Gasteiger partial charge on any atom is 0.266 e. The lowest BCUT2D eigenvalue weighted by Crippen LogP contribution is -2.13. The smallest absolute Gasteiger partial charge is 0.266 e. The molecule has 0 aliphatic heterocycles. The van der Waals surface area contributed by atoms with Crippen molar-refractivity contribution in [2.75, 3.05) is 12.4 Å². The molecule has 0 bridgehead atoms. The van der Waals surface area contributed by atoms with Crippen molar-refractivity contribution < 1.29 is 14.3 Å². The number of carbonyl (C=O) groups excluding carboxylic acids is 1. The van der Waals surface area contributed by atoms with Gasteiger partial charge in [0.25, 0.3) is 5.91 Å². The average Bonchev–Trinajstić information content (AvgIpc) is 2.80. The molecular weight excluding hydrogens is 595 g/mol. The van der Waals surface area contributed by atoms with E-state index in [0.717, 1.165) is 13.6 Å². The second-order valence-corrected chi connectivity index (χ2v) is 9.45. The number of hydrogen-bond donors (Lipinski definition) is 1. The minimum absolute atomic E-state index is 0.0143. The molecule has 0 aliphatic carbocycles. The summed E-state index contributed by atoms with van der Waals surface area (Å²) in [6, 6.07) is 18.9. The zero-order valence-corrected chi connectivity index (χ0v) is 22.2.